The van der Waals surface area contributed by atoms with Crippen molar-refractivity contribution in [2.24, 2.45) is 23.7 Å². The molecule has 17 nitrogen and oxygen atoms in total. The van der Waals surface area contributed by atoms with Gasteiger partial charge in [-0.2, -0.15) is 0 Å². The van der Waals surface area contributed by atoms with E-state index >= 15 is 0 Å². The summed E-state index contributed by atoms with van der Waals surface area (Å²) in [5.74, 6) is 0.798. The SMILES string of the molecule is CCC(C)CCCCCCCCC(=O)O[C@H](COC(=O)CCCCCCCCCCCCCC(C)C)COP(=O)(O)OCC(O)COP(=O)(O)OC[C@@H](COC(=O)CCCCCCCCCCC(C)C)OC(=O)CCCCCCCCCCC(C)C. The monoisotopic (exact) mass is 1270 g/mol. The number of carbonyl (C=O) groups excluding carboxylic acids is 4. The minimum atomic E-state index is -4.95. The van der Waals surface area contributed by atoms with Crippen LogP contribution < -0.4 is 0 Å². The van der Waals surface area contributed by atoms with Crippen LogP contribution in [0.5, 0.6) is 0 Å². The molecule has 4 unspecified atom stereocenters. The van der Waals surface area contributed by atoms with Crippen LogP contribution in [0, 0.1) is 23.7 Å². The fourth-order valence-electron chi connectivity index (χ4n) is 9.93. The van der Waals surface area contributed by atoms with E-state index in [1.807, 2.05) is 0 Å². The summed E-state index contributed by atoms with van der Waals surface area (Å²) in [4.78, 5) is 72.4. The summed E-state index contributed by atoms with van der Waals surface area (Å²) >= 11 is 0. The Kier molecular flexibility index (Phi) is 55.7. The predicted octanol–water partition coefficient (Wildman–Crippen LogP) is 18.5. The fourth-order valence-corrected chi connectivity index (χ4v) is 11.5. The van der Waals surface area contributed by atoms with Crippen LogP contribution in [-0.4, -0.2) is 96.7 Å². The molecule has 0 radical (unpaired) electrons. The summed E-state index contributed by atoms with van der Waals surface area (Å²) in [5.41, 5.74) is 0. The number of unbranched alkanes of at least 4 members (excludes halogenated alkanes) is 29. The number of carbonyl (C=O) groups is 4. The third-order valence-corrected chi connectivity index (χ3v) is 17.6. The first-order valence-electron chi connectivity index (χ1n) is 34.7. The molecule has 0 rings (SSSR count). The second-order valence-electron chi connectivity index (χ2n) is 25.9. The standard InChI is InChI=1S/C67H130O17P2/c1-9-60(8)46-38-30-25-26-34-42-50-67(72)84-63(54-77-64(69)47-39-31-22-14-12-10-11-13-19-27-35-43-57(2)3)56-82-86(75,76)80-52-61(68)51-79-85(73,74)81-55-62(83-66(71)49-41-33-24-18-16-21-29-37-45-59(6)7)53-78-65(70)48-40-32-23-17-15-20-28-36-44-58(4)5/h57-63,68H,9-56H2,1-8H3,(H,73,74)(H,75,76)/t60?,61?,62-,63-/m1/s1. The molecule has 0 saturated heterocycles. The van der Waals surface area contributed by atoms with Crippen molar-refractivity contribution >= 4 is 39.5 Å². The number of hydrogen-bond acceptors (Lipinski definition) is 15. The molecule has 0 aromatic rings. The highest BCUT2D eigenvalue weighted by molar-refractivity contribution is 7.47. The van der Waals surface area contributed by atoms with Crippen molar-refractivity contribution in [2.75, 3.05) is 39.6 Å². The van der Waals surface area contributed by atoms with Crippen LogP contribution in [0.1, 0.15) is 325 Å². The summed E-state index contributed by atoms with van der Waals surface area (Å²) in [5, 5.41) is 10.6. The lowest BCUT2D eigenvalue weighted by Gasteiger charge is -2.21. The molecule has 0 aliphatic carbocycles. The average molecular weight is 1270 g/mol. The van der Waals surface area contributed by atoms with Crippen molar-refractivity contribution < 1.29 is 80.2 Å². The Labute approximate surface area is 524 Å². The number of phosphoric acid groups is 2. The zero-order chi connectivity index (χ0) is 63.9. The van der Waals surface area contributed by atoms with E-state index in [0.717, 1.165) is 114 Å². The molecule has 0 amide bonds. The first-order valence-corrected chi connectivity index (χ1v) is 37.7. The highest BCUT2D eigenvalue weighted by atomic mass is 31.2. The van der Waals surface area contributed by atoms with E-state index in [1.54, 1.807) is 0 Å². The number of esters is 4. The third-order valence-electron chi connectivity index (χ3n) is 15.7. The Morgan fingerprint density at radius 3 is 0.826 bits per heavy atom. The van der Waals surface area contributed by atoms with Crippen molar-refractivity contribution in [3.05, 3.63) is 0 Å². The molecule has 19 heteroatoms. The largest absolute Gasteiger partial charge is 0.472 e. The number of hydrogen-bond donors (Lipinski definition) is 3. The highest BCUT2D eigenvalue weighted by Gasteiger charge is 2.30. The molecule has 0 saturated carbocycles. The Morgan fingerprint density at radius 2 is 0.558 bits per heavy atom. The van der Waals surface area contributed by atoms with Gasteiger partial charge >= 0.3 is 39.5 Å². The molecule has 0 aromatic carbocycles. The molecular weight excluding hydrogens is 1140 g/mol. The number of aliphatic hydroxyl groups is 1. The second kappa shape index (κ2) is 57.0. The molecular formula is C67H130O17P2. The lowest BCUT2D eigenvalue weighted by molar-refractivity contribution is -0.161. The molecule has 0 aliphatic heterocycles. The maximum absolute atomic E-state index is 13.0. The van der Waals surface area contributed by atoms with Crippen molar-refractivity contribution in [1.29, 1.82) is 0 Å². The van der Waals surface area contributed by atoms with Gasteiger partial charge in [-0.15, -0.1) is 0 Å². The van der Waals surface area contributed by atoms with Gasteiger partial charge in [0.15, 0.2) is 12.2 Å². The lowest BCUT2D eigenvalue weighted by atomic mass is 10.00. The van der Waals surface area contributed by atoms with Gasteiger partial charge in [-0.25, -0.2) is 9.13 Å². The maximum Gasteiger partial charge on any atom is 0.472 e. The molecule has 0 spiro atoms. The summed E-state index contributed by atoms with van der Waals surface area (Å²) in [6, 6.07) is 0. The lowest BCUT2D eigenvalue weighted by Crippen LogP contribution is -2.30. The normalized spacial score (nSPS) is 14.7. The molecule has 0 heterocycles. The van der Waals surface area contributed by atoms with Crippen LogP contribution in [0.25, 0.3) is 0 Å². The summed E-state index contributed by atoms with van der Waals surface area (Å²) in [6.07, 6.45) is 37.7. The van der Waals surface area contributed by atoms with Gasteiger partial charge in [-0.05, 0) is 49.4 Å². The minimum Gasteiger partial charge on any atom is -0.462 e. The second-order valence-corrected chi connectivity index (χ2v) is 28.8. The average Bonchev–Trinajstić information content (AvgIpc) is 3.55. The van der Waals surface area contributed by atoms with Crippen LogP contribution in [0.2, 0.25) is 0 Å². The van der Waals surface area contributed by atoms with Gasteiger partial charge in [-0.1, -0.05) is 274 Å². The Balaban J connectivity index is 5.24. The minimum absolute atomic E-state index is 0.102. The van der Waals surface area contributed by atoms with E-state index in [1.165, 1.54) is 128 Å². The Morgan fingerprint density at radius 1 is 0.326 bits per heavy atom. The number of aliphatic hydroxyl groups excluding tert-OH is 1. The van der Waals surface area contributed by atoms with Crippen molar-refractivity contribution in [2.45, 2.75) is 343 Å². The fraction of sp³-hybridized carbons (Fsp3) is 0.940. The number of phosphoric ester groups is 2. The van der Waals surface area contributed by atoms with E-state index in [-0.39, 0.29) is 25.7 Å². The molecule has 0 fully saturated rings. The first-order chi connectivity index (χ1) is 41.1. The number of ether oxygens (including phenoxy) is 4. The van der Waals surface area contributed by atoms with Crippen LogP contribution in [0.15, 0.2) is 0 Å². The molecule has 510 valence electrons. The van der Waals surface area contributed by atoms with Gasteiger partial charge in [-0.3, -0.25) is 37.3 Å². The van der Waals surface area contributed by atoms with E-state index < -0.39 is 97.5 Å². The Bertz CT molecular complexity index is 1720. The van der Waals surface area contributed by atoms with E-state index in [0.29, 0.717) is 25.7 Å². The van der Waals surface area contributed by atoms with Gasteiger partial charge in [0.25, 0.3) is 0 Å². The molecule has 6 atom stereocenters. The van der Waals surface area contributed by atoms with Gasteiger partial charge in [0, 0.05) is 25.7 Å². The smallest absolute Gasteiger partial charge is 0.462 e. The van der Waals surface area contributed by atoms with Gasteiger partial charge in [0.1, 0.15) is 19.3 Å². The van der Waals surface area contributed by atoms with Gasteiger partial charge in [0.2, 0.25) is 0 Å². The molecule has 0 aromatic heterocycles. The topological polar surface area (TPSA) is 237 Å². The maximum atomic E-state index is 13.0. The van der Waals surface area contributed by atoms with Crippen molar-refractivity contribution in [1.82, 2.24) is 0 Å². The summed E-state index contributed by atoms with van der Waals surface area (Å²) < 4.78 is 68.1. The van der Waals surface area contributed by atoms with Crippen LogP contribution >= 0.6 is 15.6 Å². The van der Waals surface area contributed by atoms with Crippen molar-refractivity contribution in [3.63, 3.8) is 0 Å². The van der Waals surface area contributed by atoms with Crippen LogP contribution in [-0.2, 0) is 65.4 Å². The van der Waals surface area contributed by atoms with E-state index in [2.05, 4.69) is 55.4 Å². The number of rotatable bonds is 64. The Hall–Kier alpha value is -1.94. The zero-order valence-corrected chi connectivity index (χ0v) is 57.7. The van der Waals surface area contributed by atoms with Gasteiger partial charge in [0.05, 0.1) is 26.4 Å². The zero-order valence-electron chi connectivity index (χ0n) is 55.9. The third kappa shape index (κ3) is 59.7. The molecule has 86 heavy (non-hydrogen) atoms. The summed E-state index contributed by atoms with van der Waals surface area (Å²) in [7, 11) is -9.90. The van der Waals surface area contributed by atoms with Crippen LogP contribution in [0.3, 0.4) is 0 Å². The quantitative estimate of drug-likeness (QED) is 0.0222. The molecule has 3 N–H and O–H groups in total. The predicted molar refractivity (Wildman–Crippen MR) is 344 cm³/mol. The highest BCUT2D eigenvalue weighted by Crippen LogP contribution is 2.45. The van der Waals surface area contributed by atoms with Crippen molar-refractivity contribution in [3.8, 4) is 0 Å². The molecule has 0 aliphatic rings. The van der Waals surface area contributed by atoms with Gasteiger partial charge < -0.3 is 33.8 Å². The summed E-state index contributed by atoms with van der Waals surface area (Å²) in [6.45, 7) is 14.0. The molecule has 0 bridgehead atoms. The first kappa shape index (κ1) is 84.1. The van der Waals surface area contributed by atoms with E-state index in [9.17, 15) is 43.2 Å². The van der Waals surface area contributed by atoms with E-state index in [4.69, 9.17) is 37.0 Å². The van der Waals surface area contributed by atoms with Crippen LogP contribution in [0.4, 0.5) is 0 Å².